The number of aromatic nitrogens is 4. The fourth-order valence-corrected chi connectivity index (χ4v) is 4.20. The molecule has 3 heterocycles. The van der Waals surface area contributed by atoms with E-state index in [0.717, 1.165) is 37.4 Å². The summed E-state index contributed by atoms with van der Waals surface area (Å²) in [5, 5.41) is 11.0. The number of fused-ring (bicyclic) bond motifs is 2. The Kier molecular flexibility index (Phi) is 5.15. The minimum absolute atomic E-state index is 0.0169. The number of nitrogens with zero attached hydrogens (tertiary/aromatic N) is 6. The highest BCUT2D eigenvalue weighted by molar-refractivity contribution is 5.76. The molecular formula is C22H24N6O2. The van der Waals surface area contributed by atoms with Crippen molar-refractivity contribution in [2.45, 2.75) is 32.6 Å². The van der Waals surface area contributed by atoms with E-state index in [4.69, 9.17) is 4.74 Å². The van der Waals surface area contributed by atoms with Gasteiger partial charge in [0.25, 0.3) is 0 Å². The Bertz CT molecular complexity index is 1040. The molecule has 0 unspecified atom stereocenters. The third-order valence-corrected chi connectivity index (χ3v) is 5.76. The van der Waals surface area contributed by atoms with Gasteiger partial charge in [-0.1, -0.05) is 30.3 Å². The molecule has 30 heavy (non-hydrogen) atoms. The monoisotopic (exact) mass is 404 g/mol. The van der Waals surface area contributed by atoms with Crippen LogP contribution in [0.3, 0.4) is 0 Å². The molecule has 5 rings (SSSR count). The average molecular weight is 404 g/mol. The maximum atomic E-state index is 12.7. The Morgan fingerprint density at radius 1 is 1.03 bits per heavy atom. The minimum atomic E-state index is -0.0169. The van der Waals surface area contributed by atoms with Crippen LogP contribution in [0.5, 0.6) is 5.75 Å². The van der Waals surface area contributed by atoms with Crippen LogP contribution >= 0.6 is 0 Å². The third kappa shape index (κ3) is 4.04. The molecule has 0 N–H and O–H groups in total. The Labute approximate surface area is 175 Å². The quantitative estimate of drug-likeness (QED) is 0.658. The summed E-state index contributed by atoms with van der Waals surface area (Å²) in [5.74, 6) is 0.845. The topological polar surface area (TPSA) is 76.4 Å². The van der Waals surface area contributed by atoms with Crippen molar-refractivity contribution in [1.82, 2.24) is 30.0 Å². The van der Waals surface area contributed by atoms with Crippen molar-refractivity contribution in [3.63, 3.8) is 0 Å². The zero-order valence-electron chi connectivity index (χ0n) is 16.8. The van der Waals surface area contributed by atoms with Crippen LogP contribution < -0.4 is 4.74 Å². The highest BCUT2D eigenvalue weighted by Crippen LogP contribution is 2.26. The molecule has 0 radical (unpaired) electrons. The smallest absolute Gasteiger partial charge is 0.244 e. The molecule has 1 amide bonds. The maximum absolute atomic E-state index is 12.7. The number of carbonyl (C=O) groups is 1. The second-order valence-electron chi connectivity index (χ2n) is 7.84. The van der Waals surface area contributed by atoms with Crippen molar-refractivity contribution in [3.05, 3.63) is 71.0 Å². The molecule has 8 heteroatoms. The van der Waals surface area contributed by atoms with E-state index in [1.54, 1.807) is 0 Å². The molecule has 0 atom stereocenters. The molecule has 0 saturated carbocycles. The highest BCUT2D eigenvalue weighted by atomic mass is 16.5. The predicted molar refractivity (Wildman–Crippen MR) is 109 cm³/mol. The molecule has 0 bridgehead atoms. The first-order valence-electron chi connectivity index (χ1n) is 10.3. The van der Waals surface area contributed by atoms with Crippen molar-refractivity contribution in [2.75, 3.05) is 19.7 Å². The number of hydrogen-bond acceptors (Lipinski definition) is 6. The van der Waals surface area contributed by atoms with Crippen molar-refractivity contribution in [1.29, 1.82) is 0 Å². The molecule has 2 aliphatic rings. The summed E-state index contributed by atoms with van der Waals surface area (Å²) in [6, 6.07) is 15.0. The highest BCUT2D eigenvalue weighted by Gasteiger charge is 2.22. The molecule has 0 aliphatic carbocycles. The minimum Gasteiger partial charge on any atom is -0.491 e. The van der Waals surface area contributed by atoms with Gasteiger partial charge >= 0.3 is 0 Å². The summed E-state index contributed by atoms with van der Waals surface area (Å²) in [5.41, 5.74) is 5.17. The van der Waals surface area contributed by atoms with Crippen LogP contribution in [0, 0.1) is 0 Å². The van der Waals surface area contributed by atoms with Crippen LogP contribution in [0.15, 0.2) is 48.8 Å². The summed E-state index contributed by atoms with van der Waals surface area (Å²) in [7, 11) is 0. The Balaban J connectivity index is 1.28. The van der Waals surface area contributed by atoms with Crippen LogP contribution in [-0.2, 0) is 37.4 Å². The Hall–Kier alpha value is -3.26. The first kappa shape index (κ1) is 18.7. The molecule has 8 nitrogen and oxygen atoms in total. The first-order valence-corrected chi connectivity index (χ1v) is 10.3. The molecular weight excluding hydrogens is 380 g/mol. The van der Waals surface area contributed by atoms with Gasteiger partial charge in [0.05, 0.1) is 6.54 Å². The third-order valence-electron chi connectivity index (χ3n) is 5.76. The predicted octanol–water partition coefficient (Wildman–Crippen LogP) is 1.65. The van der Waals surface area contributed by atoms with Crippen LogP contribution in [0.2, 0.25) is 0 Å². The first-order chi connectivity index (χ1) is 14.7. The number of rotatable bonds is 4. The number of carbonyl (C=O) groups excluding carboxylic acids is 1. The number of amides is 1. The van der Waals surface area contributed by atoms with Gasteiger partial charge in [-0.15, -0.1) is 5.10 Å². The molecule has 3 aromatic rings. The number of benzene rings is 2. The normalized spacial score (nSPS) is 16.3. The Morgan fingerprint density at radius 2 is 1.93 bits per heavy atom. The molecule has 2 aliphatic heterocycles. The fourth-order valence-electron chi connectivity index (χ4n) is 4.20. The van der Waals surface area contributed by atoms with Crippen molar-refractivity contribution < 1.29 is 9.53 Å². The largest absolute Gasteiger partial charge is 0.491 e. The maximum Gasteiger partial charge on any atom is 0.244 e. The summed E-state index contributed by atoms with van der Waals surface area (Å²) in [6.45, 7) is 4.62. The summed E-state index contributed by atoms with van der Waals surface area (Å²) < 4.78 is 7.34. The molecule has 0 saturated heterocycles. The lowest BCUT2D eigenvalue weighted by Crippen LogP contribution is -2.35. The number of tetrazole rings is 1. The van der Waals surface area contributed by atoms with E-state index in [1.807, 2.05) is 11.0 Å². The van der Waals surface area contributed by atoms with Gasteiger partial charge in [0.1, 0.15) is 25.2 Å². The summed E-state index contributed by atoms with van der Waals surface area (Å²) in [6.07, 6.45) is 2.54. The SMILES string of the molecule is O=C(Cn1cnnn1)N1CCOc2ccc(CN3CCc4ccccc4C3)cc2C1. The van der Waals surface area contributed by atoms with Gasteiger partial charge in [-0.3, -0.25) is 9.69 Å². The van der Waals surface area contributed by atoms with E-state index < -0.39 is 0 Å². The lowest BCUT2D eigenvalue weighted by molar-refractivity contribution is -0.132. The van der Waals surface area contributed by atoms with E-state index >= 15 is 0 Å². The molecule has 154 valence electrons. The number of hydrogen-bond donors (Lipinski definition) is 0. The molecule has 2 aromatic carbocycles. The van der Waals surface area contributed by atoms with Crippen LogP contribution in [-0.4, -0.2) is 55.6 Å². The zero-order chi connectivity index (χ0) is 20.3. The second kappa shape index (κ2) is 8.23. The zero-order valence-corrected chi connectivity index (χ0v) is 16.8. The average Bonchev–Trinajstić information content (AvgIpc) is 3.18. The van der Waals surface area contributed by atoms with E-state index in [-0.39, 0.29) is 12.5 Å². The molecule has 0 fully saturated rings. The van der Waals surface area contributed by atoms with Gasteiger partial charge in [-0.05, 0) is 45.7 Å². The van der Waals surface area contributed by atoms with Gasteiger partial charge in [0, 0.05) is 31.7 Å². The van der Waals surface area contributed by atoms with Gasteiger partial charge in [-0.25, -0.2) is 4.68 Å². The standard InChI is InChI=1S/C22H24N6O2/c29-22(15-28-16-23-24-25-28)27-9-10-30-21-6-5-17(11-20(21)14-27)12-26-8-7-18-3-1-2-4-19(18)13-26/h1-6,11,16H,7-10,12-15H2. The van der Waals surface area contributed by atoms with Crippen molar-refractivity contribution in [2.24, 2.45) is 0 Å². The van der Waals surface area contributed by atoms with Crippen LogP contribution in [0.25, 0.3) is 0 Å². The van der Waals surface area contributed by atoms with Gasteiger partial charge in [-0.2, -0.15) is 0 Å². The number of ether oxygens (including phenoxy) is 1. The second-order valence-corrected chi connectivity index (χ2v) is 7.84. The van der Waals surface area contributed by atoms with E-state index in [0.29, 0.717) is 19.7 Å². The van der Waals surface area contributed by atoms with Crippen LogP contribution in [0.4, 0.5) is 0 Å². The summed E-state index contributed by atoms with van der Waals surface area (Å²) in [4.78, 5) is 17.0. The van der Waals surface area contributed by atoms with Gasteiger partial charge in [0.2, 0.25) is 5.91 Å². The van der Waals surface area contributed by atoms with E-state index in [9.17, 15) is 4.79 Å². The van der Waals surface area contributed by atoms with E-state index in [1.165, 1.54) is 27.7 Å². The molecule has 0 spiro atoms. The van der Waals surface area contributed by atoms with E-state index in [2.05, 4.69) is 56.8 Å². The van der Waals surface area contributed by atoms with Crippen molar-refractivity contribution >= 4 is 5.91 Å². The van der Waals surface area contributed by atoms with Gasteiger partial charge < -0.3 is 9.64 Å². The van der Waals surface area contributed by atoms with Crippen molar-refractivity contribution in [3.8, 4) is 5.75 Å². The van der Waals surface area contributed by atoms with Crippen LogP contribution in [0.1, 0.15) is 22.3 Å². The van der Waals surface area contributed by atoms with Gasteiger partial charge in [0.15, 0.2) is 0 Å². The lowest BCUT2D eigenvalue weighted by Gasteiger charge is -2.29. The summed E-state index contributed by atoms with van der Waals surface area (Å²) >= 11 is 0. The Morgan fingerprint density at radius 3 is 2.80 bits per heavy atom. The fraction of sp³-hybridized carbons (Fsp3) is 0.364. The molecule has 1 aromatic heterocycles. The lowest BCUT2D eigenvalue weighted by atomic mass is 9.99.